The molecule has 0 unspecified atom stereocenters. The highest BCUT2D eigenvalue weighted by Gasteiger charge is 2.13. The second-order valence-electron chi connectivity index (χ2n) is 3.28. The minimum absolute atomic E-state index is 0.233. The Kier molecular flexibility index (Phi) is 1.89. The van der Waals surface area contributed by atoms with Crippen LogP contribution in [0.4, 0.5) is 5.95 Å². The summed E-state index contributed by atoms with van der Waals surface area (Å²) in [6.07, 6.45) is 0. The molecule has 2 aromatic rings. The fraction of sp³-hybridized carbons (Fsp3) is 0.222. The Morgan fingerprint density at radius 1 is 1.19 bits per heavy atom. The first-order valence-electron chi connectivity index (χ1n) is 4.78. The summed E-state index contributed by atoms with van der Waals surface area (Å²) in [7, 11) is 0. The predicted molar refractivity (Wildman–Crippen MR) is 54.6 cm³/mol. The SMILES string of the molecule is Nc1nnnn1-c1ccc2c(c1)OCCO2. The molecule has 0 fully saturated rings. The highest BCUT2D eigenvalue weighted by molar-refractivity contribution is 5.50. The molecule has 82 valence electrons. The van der Waals surface area contributed by atoms with Gasteiger partial charge in [-0.2, -0.15) is 4.68 Å². The van der Waals surface area contributed by atoms with E-state index >= 15 is 0 Å². The summed E-state index contributed by atoms with van der Waals surface area (Å²) in [5.74, 6) is 1.64. The quantitative estimate of drug-likeness (QED) is 0.727. The second kappa shape index (κ2) is 3.37. The standard InChI is InChI=1S/C9H9N5O2/c10-9-11-12-13-14(9)6-1-2-7-8(5-6)16-4-3-15-7/h1-2,5H,3-4H2,(H2,10,11,13). The molecule has 1 aliphatic heterocycles. The molecule has 3 rings (SSSR count). The first kappa shape index (κ1) is 8.96. The number of nitrogens with zero attached hydrogens (tertiary/aromatic N) is 4. The van der Waals surface area contributed by atoms with Gasteiger partial charge in [0.2, 0.25) is 5.95 Å². The molecule has 7 nitrogen and oxygen atoms in total. The topological polar surface area (TPSA) is 88.1 Å². The molecule has 2 heterocycles. The molecule has 0 radical (unpaired) electrons. The van der Waals surface area contributed by atoms with Crippen molar-refractivity contribution < 1.29 is 9.47 Å². The number of hydrogen-bond acceptors (Lipinski definition) is 6. The molecular weight excluding hydrogens is 210 g/mol. The zero-order valence-electron chi connectivity index (χ0n) is 8.33. The Labute approximate surface area is 90.8 Å². The van der Waals surface area contributed by atoms with Crippen LogP contribution in [0.3, 0.4) is 0 Å². The van der Waals surface area contributed by atoms with Gasteiger partial charge in [0.1, 0.15) is 13.2 Å². The van der Waals surface area contributed by atoms with Crippen LogP contribution in [0.2, 0.25) is 0 Å². The van der Waals surface area contributed by atoms with Crippen LogP contribution < -0.4 is 15.2 Å². The Morgan fingerprint density at radius 3 is 2.75 bits per heavy atom. The van der Waals surface area contributed by atoms with Crippen molar-refractivity contribution in [2.75, 3.05) is 18.9 Å². The van der Waals surface area contributed by atoms with Crippen LogP contribution in [0.25, 0.3) is 5.69 Å². The van der Waals surface area contributed by atoms with Gasteiger partial charge in [0.05, 0.1) is 5.69 Å². The minimum Gasteiger partial charge on any atom is -0.486 e. The Hall–Kier alpha value is -2.31. The van der Waals surface area contributed by atoms with Crippen molar-refractivity contribution in [1.82, 2.24) is 20.2 Å². The van der Waals surface area contributed by atoms with Gasteiger partial charge >= 0.3 is 0 Å². The van der Waals surface area contributed by atoms with Crippen LogP contribution >= 0.6 is 0 Å². The van der Waals surface area contributed by atoms with Crippen LogP contribution in [0.1, 0.15) is 0 Å². The van der Waals surface area contributed by atoms with Gasteiger partial charge < -0.3 is 15.2 Å². The van der Waals surface area contributed by atoms with Gasteiger partial charge in [-0.15, -0.1) is 0 Å². The molecule has 1 aliphatic rings. The van der Waals surface area contributed by atoms with Crippen LogP contribution in [0.15, 0.2) is 18.2 Å². The molecule has 0 spiro atoms. The highest BCUT2D eigenvalue weighted by Crippen LogP contribution is 2.31. The van der Waals surface area contributed by atoms with Crippen LogP contribution in [0.5, 0.6) is 11.5 Å². The van der Waals surface area contributed by atoms with E-state index in [0.29, 0.717) is 19.0 Å². The average Bonchev–Trinajstić information content (AvgIpc) is 2.75. The summed E-state index contributed by atoms with van der Waals surface area (Å²) in [5, 5.41) is 10.9. The minimum atomic E-state index is 0.233. The van der Waals surface area contributed by atoms with Crippen molar-refractivity contribution >= 4 is 5.95 Å². The summed E-state index contributed by atoms with van der Waals surface area (Å²) >= 11 is 0. The zero-order valence-corrected chi connectivity index (χ0v) is 8.33. The first-order chi connectivity index (χ1) is 7.84. The zero-order chi connectivity index (χ0) is 11.0. The summed E-state index contributed by atoms with van der Waals surface area (Å²) in [6, 6.07) is 5.42. The maximum absolute atomic E-state index is 5.60. The summed E-state index contributed by atoms with van der Waals surface area (Å²) in [4.78, 5) is 0. The van der Waals surface area contributed by atoms with Crippen molar-refractivity contribution in [3.63, 3.8) is 0 Å². The number of nitrogens with two attached hydrogens (primary N) is 1. The number of hydrogen-bond donors (Lipinski definition) is 1. The molecule has 1 aromatic heterocycles. The van der Waals surface area contributed by atoms with Crippen LogP contribution in [-0.2, 0) is 0 Å². The van der Waals surface area contributed by atoms with Crippen molar-refractivity contribution in [3.05, 3.63) is 18.2 Å². The monoisotopic (exact) mass is 219 g/mol. The van der Waals surface area contributed by atoms with Crippen molar-refractivity contribution in [2.45, 2.75) is 0 Å². The summed E-state index contributed by atoms with van der Waals surface area (Å²) < 4.78 is 12.3. The van der Waals surface area contributed by atoms with Crippen molar-refractivity contribution in [2.24, 2.45) is 0 Å². The van der Waals surface area contributed by atoms with Gasteiger partial charge in [0, 0.05) is 6.07 Å². The Bertz CT molecular complexity index is 524. The molecule has 0 amide bonds. The molecule has 0 atom stereocenters. The van der Waals surface area contributed by atoms with E-state index in [0.717, 1.165) is 11.4 Å². The molecule has 2 N–H and O–H groups in total. The Balaban J connectivity index is 2.06. The van der Waals surface area contributed by atoms with Crippen molar-refractivity contribution in [3.8, 4) is 17.2 Å². The van der Waals surface area contributed by atoms with E-state index in [1.54, 1.807) is 6.07 Å². The second-order valence-corrected chi connectivity index (χ2v) is 3.28. The fourth-order valence-corrected chi connectivity index (χ4v) is 1.54. The van der Waals surface area contributed by atoms with E-state index < -0.39 is 0 Å². The van der Waals surface area contributed by atoms with Gasteiger partial charge in [-0.05, 0) is 22.6 Å². The van der Waals surface area contributed by atoms with E-state index in [1.807, 2.05) is 12.1 Å². The number of ether oxygens (including phenoxy) is 2. The van der Waals surface area contributed by atoms with Gasteiger partial charge in [0.15, 0.2) is 11.5 Å². The summed E-state index contributed by atoms with van der Waals surface area (Å²) in [6.45, 7) is 1.11. The summed E-state index contributed by atoms with van der Waals surface area (Å²) in [5.41, 5.74) is 6.35. The molecule has 0 saturated carbocycles. The van der Waals surface area contributed by atoms with E-state index in [1.165, 1.54) is 4.68 Å². The van der Waals surface area contributed by atoms with E-state index in [4.69, 9.17) is 15.2 Å². The third-order valence-electron chi connectivity index (χ3n) is 2.26. The molecule has 1 aromatic carbocycles. The van der Waals surface area contributed by atoms with Gasteiger partial charge in [0.25, 0.3) is 0 Å². The largest absolute Gasteiger partial charge is 0.486 e. The number of nitrogen functional groups attached to an aromatic ring is 1. The maximum Gasteiger partial charge on any atom is 0.245 e. The third-order valence-corrected chi connectivity index (χ3v) is 2.26. The fourth-order valence-electron chi connectivity index (χ4n) is 1.54. The highest BCUT2D eigenvalue weighted by atomic mass is 16.6. The first-order valence-corrected chi connectivity index (χ1v) is 4.78. The van der Waals surface area contributed by atoms with E-state index in [-0.39, 0.29) is 5.95 Å². The maximum atomic E-state index is 5.60. The number of fused-ring (bicyclic) bond motifs is 1. The molecule has 7 heteroatoms. The molecule has 0 aliphatic carbocycles. The lowest BCUT2D eigenvalue weighted by molar-refractivity contribution is 0.171. The van der Waals surface area contributed by atoms with Gasteiger partial charge in [-0.25, -0.2) is 0 Å². The number of tetrazole rings is 1. The van der Waals surface area contributed by atoms with Gasteiger partial charge in [-0.1, -0.05) is 5.10 Å². The van der Waals surface area contributed by atoms with E-state index in [9.17, 15) is 0 Å². The number of benzene rings is 1. The smallest absolute Gasteiger partial charge is 0.245 e. The van der Waals surface area contributed by atoms with Gasteiger partial charge in [-0.3, -0.25) is 0 Å². The number of aromatic nitrogens is 4. The predicted octanol–water partition coefficient (Wildman–Crippen LogP) is 0.0157. The average molecular weight is 219 g/mol. The molecular formula is C9H9N5O2. The number of rotatable bonds is 1. The lowest BCUT2D eigenvalue weighted by atomic mass is 10.2. The molecule has 0 saturated heterocycles. The third kappa shape index (κ3) is 1.33. The normalized spacial score (nSPS) is 13.8. The lowest BCUT2D eigenvalue weighted by Crippen LogP contribution is -2.15. The van der Waals surface area contributed by atoms with Crippen LogP contribution in [0, 0.1) is 0 Å². The molecule has 0 bridgehead atoms. The molecule has 16 heavy (non-hydrogen) atoms. The van der Waals surface area contributed by atoms with E-state index in [2.05, 4.69) is 15.5 Å². The van der Waals surface area contributed by atoms with Crippen molar-refractivity contribution in [1.29, 1.82) is 0 Å². The lowest BCUT2D eigenvalue weighted by Gasteiger charge is -2.18. The van der Waals surface area contributed by atoms with Crippen LogP contribution in [-0.4, -0.2) is 33.4 Å². The Morgan fingerprint density at radius 2 is 2.00 bits per heavy atom. The number of anilines is 1.